The standard InChI is InChI=1S/C20H18BrN3O2S/c1-2-10-24-19(18-12-25-16-8-3-4-9-17(16)26-18)22-23-20(24)27-13-14-6-5-7-15(21)11-14/h2-9,11,18H,1,10,12-13H2. The fraction of sp³-hybridized carbons (Fsp3) is 0.200. The maximum absolute atomic E-state index is 6.10. The average Bonchev–Trinajstić information content (AvgIpc) is 3.09. The van der Waals surface area contributed by atoms with Gasteiger partial charge in [0.2, 0.25) is 0 Å². The van der Waals surface area contributed by atoms with Crippen molar-refractivity contribution in [3.63, 3.8) is 0 Å². The number of rotatable bonds is 6. The van der Waals surface area contributed by atoms with E-state index in [1.165, 1.54) is 5.56 Å². The van der Waals surface area contributed by atoms with E-state index in [1.807, 2.05) is 47.0 Å². The van der Waals surface area contributed by atoms with Crippen LogP contribution in [0.15, 0.2) is 70.8 Å². The van der Waals surface area contributed by atoms with Gasteiger partial charge in [-0.3, -0.25) is 4.57 Å². The number of hydrogen-bond acceptors (Lipinski definition) is 5. The monoisotopic (exact) mass is 443 g/mol. The molecule has 2 heterocycles. The van der Waals surface area contributed by atoms with E-state index >= 15 is 0 Å². The van der Waals surface area contributed by atoms with Gasteiger partial charge in [0.15, 0.2) is 28.6 Å². The lowest BCUT2D eigenvalue weighted by Crippen LogP contribution is -2.25. The minimum Gasteiger partial charge on any atom is -0.485 e. The van der Waals surface area contributed by atoms with E-state index < -0.39 is 0 Å². The normalized spacial score (nSPS) is 15.5. The minimum absolute atomic E-state index is 0.299. The Morgan fingerprint density at radius 3 is 2.85 bits per heavy atom. The molecule has 138 valence electrons. The number of aromatic nitrogens is 3. The van der Waals surface area contributed by atoms with Crippen LogP contribution in [0.25, 0.3) is 0 Å². The SMILES string of the molecule is C=CCn1c(SCc2cccc(Br)c2)nnc1C1COc2ccccc2O1. The number of hydrogen-bond donors (Lipinski definition) is 0. The lowest BCUT2D eigenvalue weighted by atomic mass is 10.2. The molecule has 4 rings (SSSR count). The molecule has 0 N–H and O–H groups in total. The van der Waals surface area contributed by atoms with E-state index in [1.54, 1.807) is 11.8 Å². The Bertz CT molecular complexity index is 960. The predicted molar refractivity (Wildman–Crippen MR) is 109 cm³/mol. The number of thioether (sulfide) groups is 1. The minimum atomic E-state index is -0.299. The lowest BCUT2D eigenvalue weighted by Gasteiger charge is -2.26. The van der Waals surface area contributed by atoms with Crippen molar-refractivity contribution in [2.24, 2.45) is 0 Å². The summed E-state index contributed by atoms with van der Waals surface area (Å²) in [5.74, 6) is 3.04. The molecule has 0 amide bonds. The highest BCUT2D eigenvalue weighted by Crippen LogP contribution is 2.36. The summed E-state index contributed by atoms with van der Waals surface area (Å²) in [4.78, 5) is 0. The van der Waals surface area contributed by atoms with Gasteiger partial charge < -0.3 is 9.47 Å². The van der Waals surface area contributed by atoms with E-state index in [0.717, 1.165) is 32.7 Å². The summed E-state index contributed by atoms with van der Waals surface area (Å²) in [5, 5.41) is 9.62. The first kappa shape index (κ1) is 18.1. The third kappa shape index (κ3) is 4.04. The number of fused-ring (bicyclic) bond motifs is 1. The number of benzene rings is 2. The van der Waals surface area contributed by atoms with E-state index in [9.17, 15) is 0 Å². The molecule has 2 aromatic carbocycles. The van der Waals surface area contributed by atoms with Crippen LogP contribution in [0.1, 0.15) is 17.5 Å². The van der Waals surface area contributed by atoms with Crippen LogP contribution in [0, 0.1) is 0 Å². The highest BCUT2D eigenvalue weighted by atomic mass is 79.9. The second-order valence-corrected chi connectivity index (χ2v) is 7.88. The Kier molecular flexibility index (Phi) is 5.50. The van der Waals surface area contributed by atoms with Gasteiger partial charge in [-0.1, -0.05) is 58.0 Å². The Balaban J connectivity index is 1.55. The Labute approximate surface area is 170 Å². The summed E-state index contributed by atoms with van der Waals surface area (Å²) in [5.41, 5.74) is 1.22. The molecule has 0 saturated carbocycles. The van der Waals surface area contributed by atoms with Gasteiger partial charge in [-0.25, -0.2) is 0 Å². The molecule has 0 radical (unpaired) electrons. The van der Waals surface area contributed by atoms with Crippen LogP contribution in [0.4, 0.5) is 0 Å². The van der Waals surface area contributed by atoms with Gasteiger partial charge in [-0.15, -0.1) is 16.8 Å². The summed E-state index contributed by atoms with van der Waals surface area (Å²) in [6.07, 6.45) is 1.54. The van der Waals surface area contributed by atoms with Crippen molar-refractivity contribution in [2.45, 2.75) is 23.6 Å². The quantitative estimate of drug-likeness (QED) is 0.394. The summed E-state index contributed by atoms with van der Waals surface area (Å²) < 4.78 is 15.0. The van der Waals surface area contributed by atoms with Gasteiger partial charge >= 0.3 is 0 Å². The molecule has 7 heteroatoms. The van der Waals surface area contributed by atoms with Crippen LogP contribution in [0.2, 0.25) is 0 Å². The van der Waals surface area contributed by atoms with E-state index in [4.69, 9.17) is 9.47 Å². The molecule has 3 aromatic rings. The van der Waals surface area contributed by atoms with Crippen molar-refractivity contribution in [1.29, 1.82) is 0 Å². The zero-order valence-corrected chi connectivity index (χ0v) is 16.9. The van der Waals surface area contributed by atoms with Crippen molar-refractivity contribution < 1.29 is 9.47 Å². The zero-order valence-electron chi connectivity index (χ0n) is 14.5. The van der Waals surface area contributed by atoms with Gasteiger partial charge in [0, 0.05) is 16.8 Å². The highest BCUT2D eigenvalue weighted by Gasteiger charge is 2.28. The molecule has 1 aromatic heterocycles. The van der Waals surface area contributed by atoms with Gasteiger partial charge in [-0.05, 0) is 29.8 Å². The van der Waals surface area contributed by atoms with Crippen molar-refractivity contribution in [1.82, 2.24) is 14.8 Å². The molecule has 5 nitrogen and oxygen atoms in total. The Hall–Kier alpha value is -2.25. The van der Waals surface area contributed by atoms with E-state index in [0.29, 0.717) is 13.2 Å². The van der Waals surface area contributed by atoms with Crippen LogP contribution in [0.3, 0.4) is 0 Å². The molecule has 27 heavy (non-hydrogen) atoms. The third-order valence-corrected chi connectivity index (χ3v) is 5.64. The summed E-state index contributed by atoms with van der Waals surface area (Å²) in [6, 6.07) is 15.9. The topological polar surface area (TPSA) is 49.2 Å². The van der Waals surface area contributed by atoms with Crippen molar-refractivity contribution in [3.8, 4) is 11.5 Å². The van der Waals surface area contributed by atoms with Gasteiger partial charge in [0.05, 0.1) is 0 Å². The molecular weight excluding hydrogens is 426 g/mol. The number of allylic oxidation sites excluding steroid dienone is 1. The fourth-order valence-corrected chi connectivity index (χ4v) is 4.21. The molecule has 1 aliphatic heterocycles. The number of halogens is 1. The van der Waals surface area contributed by atoms with E-state index in [2.05, 4.69) is 44.8 Å². The molecule has 1 aliphatic rings. The maximum Gasteiger partial charge on any atom is 0.192 e. The summed E-state index contributed by atoms with van der Waals surface area (Å²) in [7, 11) is 0. The molecule has 0 aliphatic carbocycles. The van der Waals surface area contributed by atoms with Gasteiger partial charge in [0.1, 0.15) is 6.61 Å². The average molecular weight is 444 g/mol. The number of nitrogens with zero attached hydrogens (tertiary/aromatic N) is 3. The second kappa shape index (κ2) is 8.19. The zero-order chi connectivity index (χ0) is 18.6. The number of para-hydroxylation sites is 2. The summed E-state index contributed by atoms with van der Waals surface area (Å²) >= 11 is 5.15. The van der Waals surface area contributed by atoms with Crippen LogP contribution in [-0.4, -0.2) is 21.4 Å². The van der Waals surface area contributed by atoms with Crippen LogP contribution in [-0.2, 0) is 12.3 Å². The molecule has 0 fully saturated rings. The lowest BCUT2D eigenvalue weighted by molar-refractivity contribution is 0.0821. The molecule has 1 unspecified atom stereocenters. The molecule has 1 atom stereocenters. The van der Waals surface area contributed by atoms with Crippen molar-refractivity contribution >= 4 is 27.7 Å². The van der Waals surface area contributed by atoms with Crippen molar-refractivity contribution in [3.05, 3.63) is 77.0 Å². The van der Waals surface area contributed by atoms with Crippen molar-refractivity contribution in [2.75, 3.05) is 6.61 Å². The smallest absolute Gasteiger partial charge is 0.192 e. The first-order valence-electron chi connectivity index (χ1n) is 8.54. The second-order valence-electron chi connectivity index (χ2n) is 6.02. The largest absolute Gasteiger partial charge is 0.485 e. The predicted octanol–water partition coefficient (Wildman–Crippen LogP) is 5.03. The molecule has 0 spiro atoms. The third-order valence-electron chi connectivity index (χ3n) is 4.11. The number of ether oxygens (including phenoxy) is 2. The van der Waals surface area contributed by atoms with Gasteiger partial charge in [-0.2, -0.15) is 0 Å². The van der Waals surface area contributed by atoms with E-state index in [-0.39, 0.29) is 6.10 Å². The molecule has 0 bridgehead atoms. The first-order valence-corrected chi connectivity index (χ1v) is 10.3. The van der Waals surface area contributed by atoms with Crippen LogP contribution < -0.4 is 9.47 Å². The Morgan fingerprint density at radius 1 is 1.19 bits per heavy atom. The van der Waals surface area contributed by atoms with Crippen LogP contribution in [0.5, 0.6) is 11.5 Å². The maximum atomic E-state index is 6.10. The fourth-order valence-electron chi connectivity index (χ4n) is 2.87. The molecular formula is C20H18BrN3O2S. The van der Waals surface area contributed by atoms with Crippen LogP contribution >= 0.6 is 27.7 Å². The van der Waals surface area contributed by atoms with Gasteiger partial charge in [0.25, 0.3) is 0 Å². The highest BCUT2D eigenvalue weighted by molar-refractivity contribution is 9.10. The first-order chi connectivity index (χ1) is 13.2. The Morgan fingerprint density at radius 2 is 2.04 bits per heavy atom. The molecule has 0 saturated heterocycles. The summed E-state index contributed by atoms with van der Waals surface area (Å²) in [6.45, 7) is 4.89.